The van der Waals surface area contributed by atoms with Gasteiger partial charge in [0.2, 0.25) is 0 Å². The summed E-state index contributed by atoms with van der Waals surface area (Å²) in [5, 5.41) is 2.45. The molecule has 0 saturated carbocycles. The molecule has 1 aromatic carbocycles. The largest absolute Gasteiger partial charge is 0.573 e. The number of ether oxygens (including phenoxy) is 3. The van der Waals surface area contributed by atoms with Crippen molar-refractivity contribution in [1.82, 2.24) is 5.32 Å². The van der Waals surface area contributed by atoms with Crippen LogP contribution in [0.5, 0.6) is 5.75 Å². The summed E-state index contributed by atoms with van der Waals surface area (Å²) >= 11 is 0. The molecule has 0 aliphatic carbocycles. The maximum Gasteiger partial charge on any atom is 0.573 e. The van der Waals surface area contributed by atoms with Crippen molar-refractivity contribution in [2.24, 2.45) is 5.92 Å². The van der Waals surface area contributed by atoms with Crippen molar-refractivity contribution in [2.75, 3.05) is 13.7 Å². The van der Waals surface area contributed by atoms with Gasteiger partial charge in [-0.2, -0.15) is 0 Å². The highest BCUT2D eigenvalue weighted by molar-refractivity contribution is 5.90. The Bertz CT molecular complexity index is 730. The van der Waals surface area contributed by atoms with Crippen LogP contribution in [0.2, 0.25) is 0 Å². The van der Waals surface area contributed by atoms with Crippen LogP contribution in [-0.4, -0.2) is 44.0 Å². The average Bonchev–Trinajstić information content (AvgIpc) is 2.67. The molecule has 1 rings (SSSR count). The highest BCUT2D eigenvalue weighted by Gasteiger charge is 2.31. The van der Waals surface area contributed by atoms with Crippen LogP contribution in [0.15, 0.2) is 30.3 Å². The standard InChI is InChI=1S/C19H22F3NO6/c1-4-12(2)17(18(26)27-3)23-15(24)11-28-16(25)10-7-13-5-8-14(9-6-13)29-19(20,21)22/h5-10,12,17H,4,11H2,1-3H3,(H,23,24)/b10-7+/t12-,17-/m1/s1. The topological polar surface area (TPSA) is 90.9 Å². The average molecular weight is 417 g/mol. The van der Waals surface area contributed by atoms with E-state index >= 15 is 0 Å². The number of halogens is 3. The molecule has 0 saturated heterocycles. The molecule has 0 heterocycles. The molecule has 0 bridgehead atoms. The summed E-state index contributed by atoms with van der Waals surface area (Å²) in [6.45, 7) is 3.01. The lowest BCUT2D eigenvalue weighted by atomic mass is 9.99. The van der Waals surface area contributed by atoms with E-state index in [9.17, 15) is 27.6 Å². The zero-order valence-electron chi connectivity index (χ0n) is 16.1. The lowest BCUT2D eigenvalue weighted by molar-refractivity contribution is -0.274. The van der Waals surface area contributed by atoms with Gasteiger partial charge in [-0.1, -0.05) is 32.4 Å². The molecule has 0 fully saturated rings. The normalized spacial score (nSPS) is 13.4. The van der Waals surface area contributed by atoms with Crippen molar-refractivity contribution in [1.29, 1.82) is 0 Å². The predicted octanol–water partition coefficient (Wildman–Crippen LogP) is 2.85. The molecular formula is C19H22F3NO6. The van der Waals surface area contributed by atoms with E-state index in [-0.39, 0.29) is 5.92 Å². The Morgan fingerprint density at radius 3 is 2.31 bits per heavy atom. The molecule has 7 nitrogen and oxygen atoms in total. The second kappa shape index (κ2) is 11.1. The molecule has 1 amide bonds. The SMILES string of the molecule is CC[C@@H](C)[C@@H](NC(=O)COC(=O)/C=C/c1ccc(OC(F)(F)F)cc1)C(=O)OC. The van der Waals surface area contributed by atoms with Gasteiger partial charge in [-0.05, 0) is 29.7 Å². The number of hydrogen-bond acceptors (Lipinski definition) is 6. The fourth-order valence-electron chi connectivity index (χ4n) is 2.14. The van der Waals surface area contributed by atoms with Crippen molar-refractivity contribution in [3.05, 3.63) is 35.9 Å². The van der Waals surface area contributed by atoms with Gasteiger partial charge in [0, 0.05) is 6.08 Å². The van der Waals surface area contributed by atoms with Gasteiger partial charge in [0.15, 0.2) is 6.61 Å². The Morgan fingerprint density at radius 1 is 1.17 bits per heavy atom. The smallest absolute Gasteiger partial charge is 0.467 e. The first kappa shape index (κ1) is 24.0. The summed E-state index contributed by atoms with van der Waals surface area (Å²) in [5.41, 5.74) is 0.420. The van der Waals surface area contributed by atoms with Crippen LogP contribution in [0.1, 0.15) is 25.8 Å². The van der Waals surface area contributed by atoms with E-state index in [4.69, 9.17) is 4.74 Å². The lowest BCUT2D eigenvalue weighted by Gasteiger charge is -2.21. The molecule has 1 aromatic rings. The molecule has 1 N–H and O–H groups in total. The van der Waals surface area contributed by atoms with Gasteiger partial charge in [-0.25, -0.2) is 9.59 Å². The molecule has 0 aliphatic rings. The molecule has 160 valence electrons. The summed E-state index contributed by atoms with van der Waals surface area (Å²) in [5.74, 6) is -2.68. The van der Waals surface area contributed by atoms with Gasteiger partial charge in [-0.15, -0.1) is 13.2 Å². The van der Waals surface area contributed by atoms with Crippen LogP contribution in [0.25, 0.3) is 6.08 Å². The molecular weight excluding hydrogens is 395 g/mol. The van der Waals surface area contributed by atoms with Crippen LogP contribution in [0, 0.1) is 5.92 Å². The first-order chi connectivity index (χ1) is 13.6. The molecule has 10 heteroatoms. The van der Waals surface area contributed by atoms with E-state index in [2.05, 4.69) is 14.8 Å². The summed E-state index contributed by atoms with van der Waals surface area (Å²) in [6.07, 6.45) is -1.85. The fraction of sp³-hybridized carbons (Fsp3) is 0.421. The number of methoxy groups -OCH3 is 1. The number of amides is 1. The van der Waals surface area contributed by atoms with E-state index in [0.29, 0.717) is 12.0 Å². The van der Waals surface area contributed by atoms with Crippen LogP contribution < -0.4 is 10.1 Å². The second-order valence-electron chi connectivity index (χ2n) is 6.01. The summed E-state index contributed by atoms with van der Waals surface area (Å²) in [6, 6.07) is 3.95. The highest BCUT2D eigenvalue weighted by atomic mass is 19.4. The summed E-state index contributed by atoms with van der Waals surface area (Å²) in [7, 11) is 1.20. The van der Waals surface area contributed by atoms with E-state index < -0.39 is 42.6 Å². The van der Waals surface area contributed by atoms with Crippen molar-refractivity contribution in [3.63, 3.8) is 0 Å². The maximum absolute atomic E-state index is 12.1. The number of carbonyl (C=O) groups excluding carboxylic acids is 3. The van der Waals surface area contributed by atoms with Gasteiger partial charge in [0.25, 0.3) is 5.91 Å². The van der Waals surface area contributed by atoms with Crippen LogP contribution in [0.4, 0.5) is 13.2 Å². The molecule has 0 spiro atoms. The van der Waals surface area contributed by atoms with E-state index in [1.54, 1.807) is 6.92 Å². The second-order valence-corrected chi connectivity index (χ2v) is 6.01. The van der Waals surface area contributed by atoms with Crippen LogP contribution >= 0.6 is 0 Å². The molecule has 0 aliphatic heterocycles. The number of benzene rings is 1. The van der Waals surface area contributed by atoms with Crippen molar-refractivity contribution < 1.29 is 41.8 Å². The number of alkyl halides is 3. The van der Waals surface area contributed by atoms with Gasteiger partial charge in [0.1, 0.15) is 11.8 Å². The highest BCUT2D eigenvalue weighted by Crippen LogP contribution is 2.23. The number of nitrogens with one attached hydrogen (secondary N) is 1. The minimum Gasteiger partial charge on any atom is -0.467 e. The van der Waals surface area contributed by atoms with Gasteiger partial charge < -0.3 is 19.5 Å². The van der Waals surface area contributed by atoms with Crippen LogP contribution in [-0.2, 0) is 23.9 Å². The predicted molar refractivity (Wildman–Crippen MR) is 96.5 cm³/mol. The van der Waals surface area contributed by atoms with Crippen LogP contribution in [0.3, 0.4) is 0 Å². The van der Waals surface area contributed by atoms with Gasteiger partial charge in [0.05, 0.1) is 7.11 Å². The number of esters is 2. The molecule has 0 radical (unpaired) electrons. The molecule has 0 unspecified atom stereocenters. The van der Waals surface area contributed by atoms with Crippen molar-refractivity contribution in [3.8, 4) is 5.75 Å². The minimum absolute atomic E-state index is 0.175. The Kier molecular flexibility index (Phi) is 9.17. The van der Waals surface area contributed by atoms with Crippen molar-refractivity contribution >= 4 is 23.9 Å². The summed E-state index contributed by atoms with van der Waals surface area (Å²) in [4.78, 5) is 35.3. The van der Waals surface area contributed by atoms with E-state index in [0.717, 1.165) is 18.2 Å². The van der Waals surface area contributed by atoms with Crippen molar-refractivity contribution in [2.45, 2.75) is 32.7 Å². The Morgan fingerprint density at radius 2 is 1.79 bits per heavy atom. The monoisotopic (exact) mass is 417 g/mol. The molecule has 0 aromatic heterocycles. The zero-order chi connectivity index (χ0) is 22.0. The van der Waals surface area contributed by atoms with Gasteiger partial charge >= 0.3 is 18.3 Å². The quantitative estimate of drug-likeness (QED) is 0.491. The lowest BCUT2D eigenvalue weighted by Crippen LogP contribution is -2.47. The summed E-state index contributed by atoms with van der Waals surface area (Å²) < 4.78 is 49.4. The Hall–Kier alpha value is -3.04. The Balaban J connectivity index is 2.53. The Labute approximate surface area is 165 Å². The zero-order valence-corrected chi connectivity index (χ0v) is 16.1. The fourth-order valence-corrected chi connectivity index (χ4v) is 2.14. The first-order valence-corrected chi connectivity index (χ1v) is 8.63. The number of hydrogen-bond donors (Lipinski definition) is 1. The third kappa shape index (κ3) is 9.13. The number of carbonyl (C=O) groups is 3. The number of rotatable bonds is 9. The van der Waals surface area contributed by atoms with Gasteiger partial charge in [-0.3, -0.25) is 4.79 Å². The first-order valence-electron chi connectivity index (χ1n) is 8.63. The van der Waals surface area contributed by atoms with E-state index in [1.165, 1.54) is 25.3 Å². The maximum atomic E-state index is 12.1. The molecule has 2 atom stereocenters. The molecule has 29 heavy (non-hydrogen) atoms. The third-order valence-corrected chi connectivity index (χ3v) is 3.86. The third-order valence-electron chi connectivity index (χ3n) is 3.86. The van der Waals surface area contributed by atoms with E-state index in [1.807, 2.05) is 6.92 Å². The minimum atomic E-state index is -4.79.